The molecule has 0 N–H and O–H groups in total. The summed E-state index contributed by atoms with van der Waals surface area (Å²) in [6.07, 6.45) is 0.983. The molecule has 1 aliphatic rings. The lowest BCUT2D eigenvalue weighted by atomic mass is 10.2. The maximum absolute atomic E-state index is 13.4. The average Bonchev–Trinajstić information content (AvgIpc) is 3.22. The molecule has 3 aromatic rings. The van der Waals surface area contributed by atoms with Gasteiger partial charge in [0, 0.05) is 24.4 Å². The van der Waals surface area contributed by atoms with Crippen LogP contribution in [0.15, 0.2) is 58.6 Å². The molecular formula is C22H25FN4O3S2. The molecule has 1 fully saturated rings. The van der Waals surface area contributed by atoms with E-state index < -0.39 is 10.0 Å². The van der Waals surface area contributed by atoms with Crippen LogP contribution in [-0.4, -0.2) is 59.5 Å². The number of thioether (sulfide) groups is 1. The van der Waals surface area contributed by atoms with Gasteiger partial charge in [-0.2, -0.15) is 4.31 Å². The number of halogens is 1. The zero-order chi connectivity index (χ0) is 22.6. The van der Waals surface area contributed by atoms with Gasteiger partial charge in [-0.3, -0.25) is 4.57 Å². The molecule has 1 saturated heterocycles. The molecule has 7 nitrogen and oxygen atoms in total. The number of sulfonamides is 1. The summed E-state index contributed by atoms with van der Waals surface area (Å²) in [6.45, 7) is 4.01. The quantitative estimate of drug-likeness (QED) is 0.462. The second-order valence-corrected chi connectivity index (χ2v) is 10.4. The summed E-state index contributed by atoms with van der Waals surface area (Å²) in [5, 5.41) is 9.47. The van der Waals surface area contributed by atoms with Crippen LogP contribution < -0.4 is 0 Å². The second-order valence-electron chi connectivity index (χ2n) is 7.41. The summed E-state index contributed by atoms with van der Waals surface area (Å²) >= 11 is 1.59. The van der Waals surface area contributed by atoms with Crippen molar-refractivity contribution in [1.82, 2.24) is 19.1 Å². The number of ether oxygens (including phenoxy) is 1. The largest absolute Gasteiger partial charge is 0.379 e. The molecule has 0 aliphatic carbocycles. The van der Waals surface area contributed by atoms with Crippen LogP contribution in [0.25, 0.3) is 11.4 Å². The van der Waals surface area contributed by atoms with Gasteiger partial charge in [-0.15, -0.1) is 10.2 Å². The van der Waals surface area contributed by atoms with Gasteiger partial charge in [0.25, 0.3) is 0 Å². The number of aromatic nitrogens is 3. The zero-order valence-corrected chi connectivity index (χ0v) is 19.4. The van der Waals surface area contributed by atoms with Crippen LogP contribution >= 0.6 is 11.8 Å². The summed E-state index contributed by atoms with van der Waals surface area (Å²) in [5.41, 5.74) is 1.57. The molecule has 2 heterocycles. The molecule has 170 valence electrons. The van der Waals surface area contributed by atoms with E-state index in [0.717, 1.165) is 22.9 Å². The van der Waals surface area contributed by atoms with E-state index in [2.05, 4.69) is 17.1 Å². The first-order valence-electron chi connectivity index (χ1n) is 10.5. The fraction of sp³-hybridized carbons (Fsp3) is 0.364. The van der Waals surface area contributed by atoms with Crippen LogP contribution in [0.4, 0.5) is 4.39 Å². The van der Waals surface area contributed by atoms with Gasteiger partial charge in [-0.1, -0.05) is 43.0 Å². The molecule has 0 spiro atoms. The minimum absolute atomic E-state index is 0.219. The predicted octanol–water partition coefficient (Wildman–Crippen LogP) is 3.66. The molecule has 2 aromatic carbocycles. The Morgan fingerprint density at radius 3 is 2.56 bits per heavy atom. The molecule has 0 saturated carbocycles. The molecule has 0 bridgehead atoms. The number of hydrogen-bond donors (Lipinski definition) is 0. The van der Waals surface area contributed by atoms with Gasteiger partial charge < -0.3 is 4.74 Å². The highest BCUT2D eigenvalue weighted by Crippen LogP contribution is 2.28. The van der Waals surface area contributed by atoms with Crippen LogP contribution in [0, 0.1) is 5.82 Å². The van der Waals surface area contributed by atoms with Gasteiger partial charge in [0.1, 0.15) is 5.82 Å². The van der Waals surface area contributed by atoms with Gasteiger partial charge in [0.15, 0.2) is 11.0 Å². The smallest absolute Gasteiger partial charge is 0.243 e. The highest BCUT2D eigenvalue weighted by atomic mass is 32.2. The topological polar surface area (TPSA) is 77.3 Å². The SMILES string of the molecule is CCCSc1nnc(-c2cccc(S(=O)(=O)N3CCOCC3)c2)n1Cc1ccc(F)cc1. The van der Waals surface area contributed by atoms with Crippen LogP contribution in [0.5, 0.6) is 0 Å². The van der Waals surface area contributed by atoms with Gasteiger partial charge >= 0.3 is 0 Å². The van der Waals surface area contributed by atoms with Crippen LogP contribution in [0.2, 0.25) is 0 Å². The van der Waals surface area contributed by atoms with Crippen molar-refractivity contribution >= 4 is 21.8 Å². The Balaban J connectivity index is 1.70. The molecule has 32 heavy (non-hydrogen) atoms. The molecule has 0 amide bonds. The van der Waals surface area contributed by atoms with E-state index in [1.165, 1.54) is 16.4 Å². The second kappa shape index (κ2) is 10.1. The minimum Gasteiger partial charge on any atom is -0.379 e. The molecule has 0 atom stereocenters. The third kappa shape index (κ3) is 5.03. The van der Waals surface area contributed by atoms with Crippen molar-refractivity contribution in [1.29, 1.82) is 0 Å². The van der Waals surface area contributed by atoms with E-state index in [-0.39, 0.29) is 10.7 Å². The van der Waals surface area contributed by atoms with Crippen molar-refractivity contribution in [3.05, 3.63) is 59.9 Å². The zero-order valence-electron chi connectivity index (χ0n) is 17.8. The fourth-order valence-corrected chi connectivity index (χ4v) is 5.70. The fourth-order valence-electron chi connectivity index (χ4n) is 3.45. The molecule has 1 aromatic heterocycles. The van der Waals surface area contributed by atoms with E-state index in [0.29, 0.717) is 44.2 Å². The molecule has 4 rings (SSSR count). The van der Waals surface area contributed by atoms with Gasteiger partial charge in [-0.05, 0) is 36.2 Å². The predicted molar refractivity (Wildman–Crippen MR) is 122 cm³/mol. The van der Waals surface area contributed by atoms with E-state index in [1.807, 2.05) is 10.6 Å². The average molecular weight is 477 g/mol. The Bertz CT molecular complexity index is 1160. The van der Waals surface area contributed by atoms with Crippen LogP contribution in [-0.2, 0) is 21.3 Å². The number of nitrogens with zero attached hydrogens (tertiary/aromatic N) is 4. The van der Waals surface area contributed by atoms with Gasteiger partial charge in [0.05, 0.1) is 24.7 Å². The number of morpholine rings is 1. The first-order valence-corrected chi connectivity index (χ1v) is 12.9. The van der Waals surface area contributed by atoms with Gasteiger partial charge in [-0.25, -0.2) is 12.8 Å². The van der Waals surface area contributed by atoms with Crippen molar-refractivity contribution in [3.8, 4) is 11.4 Å². The maximum Gasteiger partial charge on any atom is 0.243 e. The normalized spacial score (nSPS) is 15.2. The number of hydrogen-bond acceptors (Lipinski definition) is 6. The van der Waals surface area contributed by atoms with Crippen molar-refractivity contribution in [2.45, 2.75) is 29.9 Å². The first-order chi connectivity index (χ1) is 15.5. The van der Waals surface area contributed by atoms with Crippen LogP contribution in [0.3, 0.4) is 0 Å². The lowest BCUT2D eigenvalue weighted by Crippen LogP contribution is -2.40. The Hall–Kier alpha value is -2.27. The summed E-state index contributed by atoms with van der Waals surface area (Å²) in [7, 11) is -3.63. The highest BCUT2D eigenvalue weighted by Gasteiger charge is 2.27. The molecule has 10 heteroatoms. The highest BCUT2D eigenvalue weighted by molar-refractivity contribution is 7.99. The monoisotopic (exact) mass is 476 g/mol. The van der Waals surface area contributed by atoms with Crippen LogP contribution in [0.1, 0.15) is 18.9 Å². The lowest BCUT2D eigenvalue weighted by molar-refractivity contribution is 0.0730. The van der Waals surface area contributed by atoms with E-state index >= 15 is 0 Å². The van der Waals surface area contributed by atoms with E-state index in [4.69, 9.17) is 4.74 Å². The van der Waals surface area contributed by atoms with Gasteiger partial charge in [0.2, 0.25) is 10.0 Å². The van der Waals surface area contributed by atoms with Crippen molar-refractivity contribution < 1.29 is 17.5 Å². The third-order valence-electron chi connectivity index (χ3n) is 5.11. The maximum atomic E-state index is 13.4. The molecule has 0 unspecified atom stereocenters. The lowest BCUT2D eigenvalue weighted by Gasteiger charge is -2.26. The molecular weight excluding hydrogens is 451 g/mol. The van der Waals surface area contributed by atoms with E-state index in [9.17, 15) is 12.8 Å². The Kier molecular flexibility index (Phi) is 7.24. The Morgan fingerprint density at radius 2 is 1.84 bits per heavy atom. The standard InChI is InChI=1S/C22H25FN4O3S2/c1-2-14-31-22-25-24-21(27(22)16-17-6-8-19(23)9-7-17)18-4-3-5-20(15-18)32(28,29)26-10-12-30-13-11-26/h3-9,15H,2,10-14,16H2,1H3. The summed E-state index contributed by atoms with van der Waals surface area (Å²) in [5.74, 6) is 1.17. The number of benzene rings is 2. The molecule has 0 radical (unpaired) electrons. The third-order valence-corrected chi connectivity index (χ3v) is 8.17. The molecule has 1 aliphatic heterocycles. The summed E-state index contributed by atoms with van der Waals surface area (Å²) in [4.78, 5) is 0.219. The van der Waals surface area contributed by atoms with Crippen molar-refractivity contribution in [2.75, 3.05) is 32.1 Å². The first kappa shape index (κ1) is 22.9. The summed E-state index contributed by atoms with van der Waals surface area (Å²) in [6, 6.07) is 13.1. The Morgan fingerprint density at radius 1 is 1.09 bits per heavy atom. The Labute approximate surface area is 191 Å². The minimum atomic E-state index is -3.63. The van der Waals surface area contributed by atoms with E-state index in [1.54, 1.807) is 42.1 Å². The summed E-state index contributed by atoms with van der Waals surface area (Å²) < 4.78 is 48.3. The number of rotatable bonds is 8. The van der Waals surface area contributed by atoms with Crippen molar-refractivity contribution in [3.63, 3.8) is 0 Å². The van der Waals surface area contributed by atoms with Crippen molar-refractivity contribution in [2.24, 2.45) is 0 Å².